The predicted molar refractivity (Wildman–Crippen MR) is 77.9 cm³/mol. The lowest BCUT2D eigenvalue weighted by atomic mass is 9.85. The van der Waals surface area contributed by atoms with Gasteiger partial charge >= 0.3 is 12.0 Å². The van der Waals surface area contributed by atoms with Crippen molar-refractivity contribution in [1.82, 2.24) is 15.1 Å². The number of nitrogens with zero attached hydrogens (tertiary/aromatic N) is 2. The molecule has 1 aliphatic rings. The number of likely N-dealkylation sites (tertiary alicyclic amines) is 1. The van der Waals surface area contributed by atoms with Gasteiger partial charge in [-0.1, -0.05) is 13.8 Å². The maximum atomic E-state index is 12.0. The predicted octanol–water partition coefficient (Wildman–Crippen LogP) is 0.750. The number of aliphatic carboxylic acids is 1. The molecule has 0 aromatic heterocycles. The fourth-order valence-electron chi connectivity index (χ4n) is 2.50. The molecule has 0 aromatic rings. The van der Waals surface area contributed by atoms with Gasteiger partial charge in [-0.05, 0) is 25.9 Å². The molecule has 0 aliphatic carbocycles. The van der Waals surface area contributed by atoms with Crippen molar-refractivity contribution in [3.63, 3.8) is 0 Å². The van der Waals surface area contributed by atoms with E-state index in [0.29, 0.717) is 19.1 Å². The van der Waals surface area contributed by atoms with Gasteiger partial charge in [-0.25, -0.2) is 4.79 Å². The van der Waals surface area contributed by atoms with Gasteiger partial charge in [-0.3, -0.25) is 14.9 Å². The van der Waals surface area contributed by atoms with Crippen molar-refractivity contribution in [2.75, 3.05) is 27.2 Å². The number of imide groups is 1. The molecule has 1 saturated heterocycles. The maximum absolute atomic E-state index is 12.0. The van der Waals surface area contributed by atoms with Crippen LogP contribution in [-0.2, 0) is 9.59 Å². The first-order chi connectivity index (χ1) is 9.60. The van der Waals surface area contributed by atoms with Crippen LogP contribution in [0.15, 0.2) is 0 Å². The standard InChI is InChI=1S/C14H25N3O4/c1-14(2,8-12(19)20)7-11(18)15-13(21)17-6-5-10(9-17)16(3)4/h10H,5-9H2,1-4H3,(H,19,20)(H,15,18,21). The van der Waals surface area contributed by atoms with E-state index in [-0.39, 0.29) is 12.8 Å². The first-order valence-corrected chi connectivity index (χ1v) is 7.08. The molecule has 0 bridgehead atoms. The van der Waals surface area contributed by atoms with E-state index in [2.05, 4.69) is 10.2 Å². The molecule has 21 heavy (non-hydrogen) atoms. The van der Waals surface area contributed by atoms with E-state index in [1.165, 1.54) is 0 Å². The third kappa shape index (κ3) is 5.71. The van der Waals surface area contributed by atoms with Gasteiger partial charge in [0, 0.05) is 25.6 Å². The Kier molecular flexibility index (Phi) is 5.71. The van der Waals surface area contributed by atoms with E-state index < -0.39 is 23.3 Å². The summed E-state index contributed by atoms with van der Waals surface area (Å²) in [5, 5.41) is 11.1. The molecule has 7 heteroatoms. The number of urea groups is 1. The second kappa shape index (κ2) is 6.89. The highest BCUT2D eigenvalue weighted by Crippen LogP contribution is 2.24. The molecule has 7 nitrogen and oxygen atoms in total. The number of carboxylic acids is 1. The van der Waals surface area contributed by atoms with Gasteiger partial charge < -0.3 is 14.9 Å². The highest BCUT2D eigenvalue weighted by Gasteiger charge is 2.30. The van der Waals surface area contributed by atoms with Crippen LogP contribution in [0.2, 0.25) is 0 Å². The van der Waals surface area contributed by atoms with Gasteiger partial charge in [0.05, 0.1) is 6.42 Å². The summed E-state index contributed by atoms with van der Waals surface area (Å²) in [7, 11) is 3.93. The van der Waals surface area contributed by atoms with Crippen LogP contribution in [0.4, 0.5) is 4.79 Å². The lowest BCUT2D eigenvalue weighted by Crippen LogP contribution is -2.44. The van der Waals surface area contributed by atoms with Crippen molar-refractivity contribution < 1.29 is 19.5 Å². The summed E-state index contributed by atoms with van der Waals surface area (Å²) < 4.78 is 0. The van der Waals surface area contributed by atoms with Crippen LogP contribution in [0.3, 0.4) is 0 Å². The third-order valence-corrected chi connectivity index (χ3v) is 3.70. The molecule has 1 fully saturated rings. The molecule has 1 aliphatic heterocycles. The molecule has 0 radical (unpaired) electrons. The number of rotatable bonds is 5. The number of carbonyl (C=O) groups excluding carboxylic acids is 2. The van der Waals surface area contributed by atoms with Gasteiger partial charge in [-0.15, -0.1) is 0 Å². The molecule has 1 unspecified atom stereocenters. The summed E-state index contributed by atoms with van der Waals surface area (Å²) in [5.41, 5.74) is -0.673. The molecule has 2 N–H and O–H groups in total. The topological polar surface area (TPSA) is 90.0 Å². The largest absolute Gasteiger partial charge is 0.481 e. The molecule has 0 saturated carbocycles. The number of hydrogen-bond acceptors (Lipinski definition) is 4. The minimum absolute atomic E-state index is 0.00991. The number of likely N-dealkylation sites (N-methyl/N-ethyl adjacent to an activating group) is 1. The SMILES string of the molecule is CN(C)C1CCN(C(=O)NC(=O)CC(C)(C)CC(=O)O)C1. The zero-order valence-electron chi connectivity index (χ0n) is 13.2. The second-order valence-corrected chi connectivity index (χ2v) is 6.62. The quantitative estimate of drug-likeness (QED) is 0.782. The summed E-state index contributed by atoms with van der Waals surface area (Å²) in [6.07, 6.45) is 0.788. The number of carboxylic acid groups (broad SMARTS) is 1. The highest BCUT2D eigenvalue weighted by molar-refractivity contribution is 5.94. The number of carbonyl (C=O) groups is 3. The molecule has 1 heterocycles. The monoisotopic (exact) mass is 299 g/mol. The second-order valence-electron chi connectivity index (χ2n) is 6.62. The van der Waals surface area contributed by atoms with Gasteiger partial charge in [0.15, 0.2) is 0 Å². The Morgan fingerprint density at radius 3 is 2.38 bits per heavy atom. The molecule has 0 aromatic carbocycles. The van der Waals surface area contributed by atoms with Gasteiger partial charge in [0.2, 0.25) is 5.91 Å². The molecule has 3 amide bonds. The first-order valence-electron chi connectivity index (χ1n) is 7.08. The number of nitrogens with one attached hydrogen (secondary N) is 1. The van der Waals surface area contributed by atoms with Crippen LogP contribution in [0.5, 0.6) is 0 Å². The van der Waals surface area contributed by atoms with Gasteiger partial charge in [-0.2, -0.15) is 0 Å². The lowest BCUT2D eigenvalue weighted by Gasteiger charge is -2.23. The van der Waals surface area contributed by atoms with Crippen LogP contribution < -0.4 is 5.32 Å². The highest BCUT2D eigenvalue weighted by atomic mass is 16.4. The fraction of sp³-hybridized carbons (Fsp3) is 0.786. The van der Waals surface area contributed by atoms with Crippen LogP contribution in [0.1, 0.15) is 33.1 Å². The summed E-state index contributed by atoms with van der Waals surface area (Å²) >= 11 is 0. The van der Waals surface area contributed by atoms with Crippen molar-refractivity contribution >= 4 is 17.9 Å². The van der Waals surface area contributed by atoms with Crippen molar-refractivity contribution in [3.8, 4) is 0 Å². The normalized spacial score (nSPS) is 18.9. The zero-order chi connectivity index (χ0) is 16.2. The first kappa shape index (κ1) is 17.4. The Bertz CT molecular complexity index is 420. The van der Waals surface area contributed by atoms with Crippen molar-refractivity contribution in [2.24, 2.45) is 5.41 Å². The van der Waals surface area contributed by atoms with Gasteiger partial charge in [0.1, 0.15) is 0 Å². The molecule has 1 atom stereocenters. The van der Waals surface area contributed by atoms with Crippen LogP contribution >= 0.6 is 0 Å². The Labute approximate surface area is 125 Å². The third-order valence-electron chi connectivity index (χ3n) is 3.70. The Hall–Kier alpha value is -1.63. The number of amides is 3. The van der Waals surface area contributed by atoms with Crippen molar-refractivity contribution in [2.45, 2.75) is 39.2 Å². The van der Waals surface area contributed by atoms with E-state index in [1.54, 1.807) is 18.7 Å². The van der Waals surface area contributed by atoms with E-state index in [1.807, 2.05) is 14.1 Å². The average molecular weight is 299 g/mol. The van der Waals surface area contributed by atoms with Crippen molar-refractivity contribution in [3.05, 3.63) is 0 Å². The summed E-state index contributed by atoms with van der Waals surface area (Å²) in [5.74, 6) is -1.38. The van der Waals surface area contributed by atoms with Crippen LogP contribution in [0, 0.1) is 5.41 Å². The summed E-state index contributed by atoms with van der Waals surface area (Å²) in [6.45, 7) is 4.62. The maximum Gasteiger partial charge on any atom is 0.324 e. The molecular formula is C14H25N3O4. The molecule has 0 spiro atoms. The van der Waals surface area contributed by atoms with E-state index in [9.17, 15) is 14.4 Å². The van der Waals surface area contributed by atoms with Crippen LogP contribution in [0.25, 0.3) is 0 Å². The van der Waals surface area contributed by atoms with E-state index in [0.717, 1.165) is 6.42 Å². The number of hydrogen-bond donors (Lipinski definition) is 2. The van der Waals surface area contributed by atoms with E-state index in [4.69, 9.17) is 5.11 Å². The Balaban J connectivity index is 2.45. The minimum atomic E-state index is -0.951. The lowest BCUT2D eigenvalue weighted by molar-refractivity contribution is -0.139. The van der Waals surface area contributed by atoms with Crippen molar-refractivity contribution in [1.29, 1.82) is 0 Å². The molecule has 120 valence electrons. The van der Waals surface area contributed by atoms with Gasteiger partial charge in [0.25, 0.3) is 0 Å². The average Bonchev–Trinajstić information content (AvgIpc) is 2.74. The molecule has 1 rings (SSSR count). The summed E-state index contributed by atoms with van der Waals surface area (Å²) in [4.78, 5) is 38.2. The smallest absolute Gasteiger partial charge is 0.324 e. The molecular weight excluding hydrogens is 274 g/mol. The summed E-state index contributed by atoms with van der Waals surface area (Å²) in [6, 6.07) is -0.0789. The Morgan fingerprint density at radius 1 is 1.29 bits per heavy atom. The fourth-order valence-corrected chi connectivity index (χ4v) is 2.50. The minimum Gasteiger partial charge on any atom is -0.481 e. The van der Waals surface area contributed by atoms with Crippen LogP contribution in [-0.4, -0.2) is 66.0 Å². The zero-order valence-corrected chi connectivity index (χ0v) is 13.2. The van der Waals surface area contributed by atoms with E-state index >= 15 is 0 Å². The Morgan fingerprint density at radius 2 is 1.90 bits per heavy atom.